The van der Waals surface area contributed by atoms with Crippen molar-refractivity contribution in [2.24, 2.45) is 0 Å². The van der Waals surface area contributed by atoms with Gasteiger partial charge in [0.15, 0.2) is 0 Å². The summed E-state index contributed by atoms with van der Waals surface area (Å²) in [6.07, 6.45) is 0. The van der Waals surface area contributed by atoms with Crippen molar-refractivity contribution in [3.63, 3.8) is 0 Å². The predicted octanol–water partition coefficient (Wildman–Crippen LogP) is -7.60. The Kier molecular flexibility index (Phi) is 27.5. The van der Waals surface area contributed by atoms with Gasteiger partial charge in [0, 0.05) is 25.8 Å². The summed E-state index contributed by atoms with van der Waals surface area (Å²) in [7, 11) is 0. The maximum Gasteiger partial charge on any atom is 0.115 e. The molecule has 0 aliphatic heterocycles. The number of para-hydroxylation sites is 1. The van der Waals surface area contributed by atoms with Crippen LogP contribution in [0.1, 0.15) is 0 Å². The summed E-state index contributed by atoms with van der Waals surface area (Å²) in [5.74, 6) is 0.322. The van der Waals surface area contributed by atoms with Crippen LogP contribution in [0.3, 0.4) is 0 Å². The first-order valence-electron chi connectivity index (χ1n) is 2.13. The minimum absolute atomic E-state index is 0. The summed E-state index contributed by atoms with van der Waals surface area (Å²) < 4.78 is 0. The first-order chi connectivity index (χ1) is 3.39. The molecular formula is C6H6Cl3HfO-3. The van der Waals surface area contributed by atoms with E-state index in [1.807, 2.05) is 6.07 Å². The van der Waals surface area contributed by atoms with Gasteiger partial charge in [-0.15, -0.1) is 0 Å². The van der Waals surface area contributed by atoms with Crippen molar-refractivity contribution in [3.8, 4) is 5.75 Å². The van der Waals surface area contributed by atoms with Crippen LogP contribution in [0.4, 0.5) is 0 Å². The second kappa shape index (κ2) is 13.4. The summed E-state index contributed by atoms with van der Waals surface area (Å²) in [5.41, 5.74) is 0. The SMILES string of the molecule is Oc1ccccc1.[Cl-].[Cl-].[Cl-].[Hf]. The molecule has 1 nitrogen and oxygen atoms in total. The molecule has 1 aromatic rings. The zero-order valence-electron chi connectivity index (χ0n) is 5.47. The second-order valence-corrected chi connectivity index (χ2v) is 1.34. The Labute approximate surface area is 104 Å². The van der Waals surface area contributed by atoms with E-state index in [1.54, 1.807) is 24.3 Å². The summed E-state index contributed by atoms with van der Waals surface area (Å²) >= 11 is 0. The molecule has 1 aromatic carbocycles. The van der Waals surface area contributed by atoms with Crippen molar-refractivity contribution in [3.05, 3.63) is 30.3 Å². The summed E-state index contributed by atoms with van der Waals surface area (Å²) in [5, 5.41) is 8.63. The molecule has 0 unspecified atom stereocenters. The summed E-state index contributed by atoms with van der Waals surface area (Å²) in [6, 6.07) is 8.71. The van der Waals surface area contributed by atoms with Crippen LogP contribution < -0.4 is 37.2 Å². The molecule has 0 heterocycles. The van der Waals surface area contributed by atoms with E-state index in [0.29, 0.717) is 5.75 Å². The normalized spacial score (nSPS) is 5.45. The van der Waals surface area contributed by atoms with Gasteiger partial charge in [-0.05, 0) is 12.1 Å². The number of phenols is 1. The van der Waals surface area contributed by atoms with E-state index in [1.165, 1.54) is 0 Å². The third-order valence-corrected chi connectivity index (χ3v) is 0.756. The molecule has 0 saturated carbocycles. The summed E-state index contributed by atoms with van der Waals surface area (Å²) in [6.45, 7) is 0. The number of rotatable bonds is 0. The molecular weight excluding hydrogens is 373 g/mol. The third kappa shape index (κ3) is 10.8. The molecule has 11 heavy (non-hydrogen) atoms. The van der Waals surface area contributed by atoms with Crippen molar-refractivity contribution >= 4 is 0 Å². The molecule has 0 aliphatic rings. The first kappa shape index (κ1) is 22.6. The Balaban J connectivity index is -0.0000000612. The van der Waals surface area contributed by atoms with Crippen LogP contribution >= 0.6 is 0 Å². The summed E-state index contributed by atoms with van der Waals surface area (Å²) in [4.78, 5) is 0. The molecule has 0 spiro atoms. The Bertz CT molecular complexity index is 148. The van der Waals surface area contributed by atoms with Gasteiger partial charge < -0.3 is 42.3 Å². The molecule has 5 heteroatoms. The standard InChI is InChI=1S/C6H6O.3ClH.Hf/c7-6-4-2-1-3-5-6;;;;/h1-5,7H;3*1H;/p-3. The molecule has 0 atom stereocenters. The van der Waals surface area contributed by atoms with Gasteiger partial charge >= 0.3 is 0 Å². The smallest absolute Gasteiger partial charge is 0.115 e. The van der Waals surface area contributed by atoms with E-state index in [-0.39, 0.29) is 63.1 Å². The molecule has 0 fully saturated rings. The average Bonchev–Trinajstić information content (AvgIpc) is 1.69. The van der Waals surface area contributed by atoms with Crippen LogP contribution in [0.15, 0.2) is 30.3 Å². The molecule has 0 bridgehead atoms. The fourth-order valence-electron chi connectivity index (χ4n) is 0.428. The van der Waals surface area contributed by atoms with Gasteiger partial charge in [0.05, 0.1) is 0 Å². The zero-order valence-corrected chi connectivity index (χ0v) is 11.3. The molecule has 0 saturated heterocycles. The van der Waals surface area contributed by atoms with E-state index in [4.69, 9.17) is 5.11 Å². The predicted molar refractivity (Wildman–Crippen MR) is 28.1 cm³/mol. The largest absolute Gasteiger partial charge is 1.00 e. The molecule has 1 N–H and O–H groups in total. The van der Waals surface area contributed by atoms with Gasteiger partial charge in [-0.2, -0.15) is 0 Å². The molecule has 0 aromatic heterocycles. The van der Waals surface area contributed by atoms with E-state index < -0.39 is 0 Å². The van der Waals surface area contributed by atoms with E-state index in [2.05, 4.69) is 0 Å². The zero-order chi connectivity index (χ0) is 5.11. The van der Waals surface area contributed by atoms with Gasteiger partial charge in [0.25, 0.3) is 0 Å². The Morgan fingerprint density at radius 1 is 0.818 bits per heavy atom. The van der Waals surface area contributed by atoms with Crippen LogP contribution in [0.5, 0.6) is 5.75 Å². The van der Waals surface area contributed by atoms with Crippen molar-refractivity contribution in [2.75, 3.05) is 0 Å². The average molecular weight is 379 g/mol. The molecule has 0 amide bonds. The van der Waals surface area contributed by atoms with Crippen molar-refractivity contribution in [1.82, 2.24) is 0 Å². The molecule has 64 valence electrons. The van der Waals surface area contributed by atoms with Crippen LogP contribution in [-0.2, 0) is 25.8 Å². The van der Waals surface area contributed by atoms with Crippen molar-refractivity contribution < 1.29 is 68.2 Å². The number of benzene rings is 1. The monoisotopic (exact) mass is 379 g/mol. The minimum atomic E-state index is 0. The van der Waals surface area contributed by atoms with E-state index in [0.717, 1.165) is 0 Å². The number of hydrogen-bond acceptors (Lipinski definition) is 1. The van der Waals surface area contributed by atoms with Crippen molar-refractivity contribution in [1.29, 1.82) is 0 Å². The van der Waals surface area contributed by atoms with Crippen LogP contribution in [-0.4, -0.2) is 5.11 Å². The Morgan fingerprint density at radius 3 is 1.36 bits per heavy atom. The van der Waals surface area contributed by atoms with Gasteiger partial charge in [-0.25, -0.2) is 0 Å². The van der Waals surface area contributed by atoms with Crippen molar-refractivity contribution in [2.45, 2.75) is 0 Å². The van der Waals surface area contributed by atoms with E-state index in [9.17, 15) is 0 Å². The maximum atomic E-state index is 8.63. The van der Waals surface area contributed by atoms with Crippen LogP contribution in [0, 0.1) is 0 Å². The fourth-order valence-corrected chi connectivity index (χ4v) is 0.428. The molecule has 1 rings (SSSR count). The topological polar surface area (TPSA) is 20.2 Å². The van der Waals surface area contributed by atoms with Crippen LogP contribution in [0.2, 0.25) is 0 Å². The van der Waals surface area contributed by atoms with Gasteiger partial charge in [-0.1, -0.05) is 18.2 Å². The number of hydrogen-bond donors (Lipinski definition) is 1. The van der Waals surface area contributed by atoms with Gasteiger partial charge in [0.2, 0.25) is 0 Å². The maximum absolute atomic E-state index is 8.63. The van der Waals surface area contributed by atoms with E-state index >= 15 is 0 Å². The fraction of sp³-hybridized carbons (Fsp3) is 0. The second-order valence-electron chi connectivity index (χ2n) is 1.34. The number of halogens is 3. The van der Waals surface area contributed by atoms with Gasteiger partial charge in [-0.3, -0.25) is 0 Å². The first-order valence-corrected chi connectivity index (χ1v) is 2.13. The molecule has 0 radical (unpaired) electrons. The minimum Gasteiger partial charge on any atom is -1.00 e. The molecule has 0 aliphatic carbocycles. The van der Waals surface area contributed by atoms with Gasteiger partial charge in [0.1, 0.15) is 5.75 Å². The van der Waals surface area contributed by atoms with Crippen LogP contribution in [0.25, 0.3) is 0 Å². The quantitative estimate of drug-likeness (QED) is 0.445. The Morgan fingerprint density at radius 2 is 1.18 bits per heavy atom. The Hall–Kier alpha value is 0.760. The third-order valence-electron chi connectivity index (χ3n) is 0.756. The number of aromatic hydroxyl groups is 1. The number of phenolic OH excluding ortho intramolecular Hbond substituents is 1.